The predicted octanol–water partition coefficient (Wildman–Crippen LogP) is 3.78. The Bertz CT molecular complexity index is 1130. The summed E-state index contributed by atoms with van der Waals surface area (Å²) in [6.07, 6.45) is -1.25. The van der Waals surface area contributed by atoms with Crippen LogP contribution >= 0.6 is 11.3 Å². The molecule has 1 atom stereocenters. The molecule has 0 fully saturated rings. The molecule has 0 saturated carbocycles. The number of carbonyl (C=O) groups is 2. The lowest BCUT2D eigenvalue weighted by atomic mass is 10.2. The van der Waals surface area contributed by atoms with Gasteiger partial charge in [0.05, 0.1) is 6.42 Å². The van der Waals surface area contributed by atoms with Gasteiger partial charge in [-0.25, -0.2) is 13.1 Å². The van der Waals surface area contributed by atoms with E-state index in [9.17, 15) is 18.0 Å². The number of amides is 1. The fourth-order valence-electron chi connectivity index (χ4n) is 2.56. The predicted molar refractivity (Wildman–Crippen MR) is 121 cm³/mol. The van der Waals surface area contributed by atoms with Crippen LogP contribution in [0.5, 0.6) is 11.5 Å². The van der Waals surface area contributed by atoms with Gasteiger partial charge in [0, 0.05) is 12.2 Å². The molecule has 0 aliphatic rings. The number of hydrogen-bond donors (Lipinski definition) is 2. The normalized spacial score (nSPS) is 12.0. The Balaban J connectivity index is 1.42. The third-order valence-electron chi connectivity index (χ3n) is 4.16. The summed E-state index contributed by atoms with van der Waals surface area (Å²) in [6, 6.07) is 19.1. The number of rotatable bonds is 10. The van der Waals surface area contributed by atoms with Crippen LogP contribution in [-0.4, -0.2) is 32.9 Å². The zero-order valence-electron chi connectivity index (χ0n) is 17.2. The van der Waals surface area contributed by atoms with E-state index >= 15 is 0 Å². The average Bonchev–Trinajstić information content (AvgIpc) is 3.32. The van der Waals surface area contributed by atoms with Crippen molar-refractivity contribution in [3.8, 4) is 11.5 Å². The second-order valence-corrected chi connectivity index (χ2v) is 9.58. The topological polar surface area (TPSA) is 111 Å². The van der Waals surface area contributed by atoms with Crippen LogP contribution < -0.4 is 14.8 Å². The van der Waals surface area contributed by atoms with Crippen LogP contribution in [0, 0.1) is 0 Å². The van der Waals surface area contributed by atoms with Crippen LogP contribution in [0.3, 0.4) is 0 Å². The molecular formula is C22H22N2O6S2. The molecule has 0 aliphatic carbocycles. The van der Waals surface area contributed by atoms with Gasteiger partial charge in [-0.15, -0.1) is 11.3 Å². The number of sulfonamides is 1. The summed E-state index contributed by atoms with van der Waals surface area (Å²) in [5, 5.41) is 4.30. The lowest BCUT2D eigenvalue weighted by Gasteiger charge is -2.14. The Morgan fingerprint density at radius 3 is 2.31 bits per heavy atom. The smallest absolute Gasteiger partial charge is 0.307 e. The summed E-state index contributed by atoms with van der Waals surface area (Å²) < 4.78 is 37.3. The van der Waals surface area contributed by atoms with E-state index in [4.69, 9.17) is 9.47 Å². The number of carbonyl (C=O) groups excluding carboxylic acids is 2. The standard InChI is InChI=1S/C22H22N2O6S2/c1-16(29-20(25)13-14-23-32(27,28)21-8-5-15-31-21)22(26)24-17-9-11-19(12-10-17)30-18-6-3-2-4-7-18/h2-12,15-16,23H,13-14H2,1H3,(H,24,26). The number of anilines is 1. The Kier molecular flexibility index (Phi) is 7.98. The molecule has 1 aromatic heterocycles. The van der Waals surface area contributed by atoms with Gasteiger partial charge in [0.2, 0.25) is 10.0 Å². The van der Waals surface area contributed by atoms with Crippen molar-refractivity contribution in [3.63, 3.8) is 0 Å². The number of ether oxygens (including phenoxy) is 2. The van der Waals surface area contributed by atoms with Crippen molar-refractivity contribution in [1.82, 2.24) is 4.72 Å². The van der Waals surface area contributed by atoms with Crippen molar-refractivity contribution in [2.24, 2.45) is 0 Å². The Morgan fingerprint density at radius 1 is 0.969 bits per heavy atom. The van der Waals surface area contributed by atoms with Crippen LogP contribution in [0.4, 0.5) is 5.69 Å². The molecule has 0 radical (unpaired) electrons. The van der Waals surface area contributed by atoms with Crippen LogP contribution in [0.25, 0.3) is 0 Å². The Labute approximate surface area is 190 Å². The third kappa shape index (κ3) is 6.91. The molecule has 0 spiro atoms. The third-order valence-corrected chi connectivity index (χ3v) is 7.02. The zero-order valence-corrected chi connectivity index (χ0v) is 18.8. The van der Waals surface area contributed by atoms with Crippen LogP contribution in [0.2, 0.25) is 0 Å². The molecule has 10 heteroatoms. The van der Waals surface area contributed by atoms with Crippen molar-refractivity contribution < 1.29 is 27.5 Å². The van der Waals surface area contributed by atoms with Gasteiger partial charge in [-0.2, -0.15) is 0 Å². The van der Waals surface area contributed by atoms with Crippen LogP contribution in [-0.2, 0) is 24.3 Å². The van der Waals surface area contributed by atoms with E-state index in [1.165, 1.54) is 13.0 Å². The van der Waals surface area contributed by atoms with Crippen LogP contribution in [0.15, 0.2) is 76.3 Å². The number of nitrogens with one attached hydrogen (secondary N) is 2. The van der Waals surface area contributed by atoms with E-state index in [1.807, 2.05) is 30.3 Å². The van der Waals surface area contributed by atoms with Crippen molar-refractivity contribution in [1.29, 1.82) is 0 Å². The van der Waals surface area contributed by atoms with Crippen molar-refractivity contribution in [2.75, 3.05) is 11.9 Å². The molecule has 3 aromatic rings. The first-order chi connectivity index (χ1) is 15.3. The number of para-hydroxylation sites is 1. The van der Waals surface area contributed by atoms with Gasteiger partial charge in [0.25, 0.3) is 5.91 Å². The van der Waals surface area contributed by atoms with E-state index < -0.39 is 28.0 Å². The molecule has 2 N–H and O–H groups in total. The summed E-state index contributed by atoms with van der Waals surface area (Å²) in [6.45, 7) is 1.31. The van der Waals surface area contributed by atoms with Crippen LogP contribution in [0.1, 0.15) is 13.3 Å². The second kappa shape index (κ2) is 10.9. The Morgan fingerprint density at radius 2 is 1.66 bits per heavy atom. The molecule has 8 nitrogen and oxygen atoms in total. The summed E-state index contributed by atoms with van der Waals surface area (Å²) >= 11 is 1.08. The zero-order chi connectivity index (χ0) is 23.0. The van der Waals surface area contributed by atoms with Gasteiger partial charge in [0.1, 0.15) is 15.7 Å². The largest absolute Gasteiger partial charge is 0.457 e. The van der Waals surface area contributed by atoms with Gasteiger partial charge in [-0.3, -0.25) is 9.59 Å². The summed E-state index contributed by atoms with van der Waals surface area (Å²) in [5.41, 5.74) is 0.516. The van der Waals surface area contributed by atoms with E-state index in [2.05, 4.69) is 10.0 Å². The lowest BCUT2D eigenvalue weighted by molar-refractivity contribution is -0.152. The molecule has 2 aromatic carbocycles. The maximum atomic E-state index is 12.3. The molecule has 1 unspecified atom stereocenters. The van der Waals surface area contributed by atoms with Crippen molar-refractivity contribution in [3.05, 3.63) is 72.1 Å². The fraction of sp³-hybridized carbons (Fsp3) is 0.182. The molecule has 3 rings (SSSR count). The first-order valence-electron chi connectivity index (χ1n) is 9.70. The molecule has 0 saturated heterocycles. The van der Waals surface area contributed by atoms with E-state index in [-0.39, 0.29) is 17.2 Å². The minimum atomic E-state index is -3.65. The fourth-order valence-corrected chi connectivity index (χ4v) is 4.63. The van der Waals surface area contributed by atoms with E-state index in [1.54, 1.807) is 35.7 Å². The first-order valence-corrected chi connectivity index (χ1v) is 12.1. The minimum Gasteiger partial charge on any atom is -0.457 e. The number of esters is 1. The molecule has 1 heterocycles. The van der Waals surface area contributed by atoms with E-state index in [0.717, 1.165) is 11.3 Å². The summed E-state index contributed by atoms with van der Waals surface area (Å²) in [7, 11) is -3.65. The highest BCUT2D eigenvalue weighted by Crippen LogP contribution is 2.22. The number of thiophene rings is 1. The maximum absolute atomic E-state index is 12.3. The first kappa shape index (κ1) is 23.5. The van der Waals surface area contributed by atoms with E-state index in [0.29, 0.717) is 17.2 Å². The summed E-state index contributed by atoms with van der Waals surface area (Å²) in [5.74, 6) is 0.114. The van der Waals surface area contributed by atoms with Crippen molar-refractivity contribution in [2.45, 2.75) is 23.7 Å². The highest BCUT2D eigenvalue weighted by molar-refractivity contribution is 7.91. The summed E-state index contributed by atoms with van der Waals surface area (Å²) in [4.78, 5) is 24.2. The molecular weight excluding hydrogens is 452 g/mol. The highest BCUT2D eigenvalue weighted by Gasteiger charge is 2.19. The highest BCUT2D eigenvalue weighted by atomic mass is 32.2. The number of hydrogen-bond acceptors (Lipinski definition) is 7. The van der Waals surface area contributed by atoms with Gasteiger partial charge in [-0.1, -0.05) is 24.3 Å². The molecule has 32 heavy (non-hydrogen) atoms. The molecule has 168 valence electrons. The minimum absolute atomic E-state index is 0.129. The van der Waals surface area contributed by atoms with Gasteiger partial charge in [0.15, 0.2) is 6.10 Å². The number of benzene rings is 2. The Hall–Kier alpha value is -3.21. The molecule has 0 bridgehead atoms. The molecule has 0 aliphatic heterocycles. The monoisotopic (exact) mass is 474 g/mol. The SMILES string of the molecule is CC(OC(=O)CCNS(=O)(=O)c1cccs1)C(=O)Nc1ccc(Oc2ccccc2)cc1. The molecule has 1 amide bonds. The average molecular weight is 475 g/mol. The van der Waals surface area contributed by atoms with Gasteiger partial charge >= 0.3 is 5.97 Å². The second-order valence-electron chi connectivity index (χ2n) is 6.64. The maximum Gasteiger partial charge on any atom is 0.307 e. The van der Waals surface area contributed by atoms with Gasteiger partial charge in [-0.05, 0) is 54.8 Å². The lowest BCUT2D eigenvalue weighted by Crippen LogP contribution is -2.31. The van der Waals surface area contributed by atoms with Crippen molar-refractivity contribution >= 4 is 38.9 Å². The van der Waals surface area contributed by atoms with Gasteiger partial charge < -0.3 is 14.8 Å². The quantitative estimate of drug-likeness (QED) is 0.433.